The molecule has 2 amide bonds. The number of ether oxygens (including phenoxy) is 1. The Balaban J connectivity index is 2.08. The second-order valence-corrected chi connectivity index (χ2v) is 26.4. The molecule has 1 saturated heterocycles. The highest BCUT2D eigenvalue weighted by Crippen LogP contribution is 2.38. The zero-order valence-corrected chi connectivity index (χ0v) is 34.2. The van der Waals surface area contributed by atoms with Crippen LogP contribution in [0.4, 0.5) is 0 Å². The summed E-state index contributed by atoms with van der Waals surface area (Å²) in [6, 6.07) is -0.783. The van der Waals surface area contributed by atoms with Crippen molar-refractivity contribution in [1.82, 2.24) is 15.2 Å². The number of nitrogens with zero attached hydrogens (tertiary/aromatic N) is 2. The number of rotatable bonds is 4. The normalized spacial score (nSPS) is 28.1. The number of hydrogen-bond donors (Lipinski definition) is 2. The number of ketones is 1. The number of allylic oxidation sites excluding steroid dienone is 2. The summed E-state index contributed by atoms with van der Waals surface area (Å²) in [4.78, 5) is 60.4. The molecule has 2 bridgehead atoms. The van der Waals surface area contributed by atoms with Crippen LogP contribution < -0.4 is 16.4 Å². The minimum absolute atomic E-state index is 0.0554. The van der Waals surface area contributed by atoms with Gasteiger partial charge in [0.25, 0.3) is 5.91 Å². The van der Waals surface area contributed by atoms with E-state index in [9.17, 15) is 19.2 Å². The van der Waals surface area contributed by atoms with Crippen molar-refractivity contribution < 1.29 is 32.8 Å². The number of Topliss-reactive ketones (excluding diaryl/α,β-unsaturated/α-hetero) is 1. The molecule has 0 spiro atoms. The molecule has 0 saturated carbocycles. The van der Waals surface area contributed by atoms with Gasteiger partial charge in [0.2, 0.25) is 11.8 Å². The van der Waals surface area contributed by atoms with Gasteiger partial charge in [0.15, 0.2) is 14.0 Å². The maximum atomic E-state index is 14.1. The van der Waals surface area contributed by atoms with Crippen molar-refractivity contribution in [1.29, 1.82) is 0 Å². The topological polar surface area (TPSA) is 154 Å². The van der Waals surface area contributed by atoms with Gasteiger partial charge >= 0.3 is 5.97 Å². The van der Waals surface area contributed by atoms with Crippen molar-refractivity contribution in [2.45, 2.75) is 136 Å². The molecule has 1 fully saturated rings. The van der Waals surface area contributed by atoms with Gasteiger partial charge < -0.3 is 29.5 Å². The van der Waals surface area contributed by atoms with Crippen LogP contribution in [0.3, 0.4) is 0 Å². The third kappa shape index (κ3) is 10.9. The van der Waals surface area contributed by atoms with Crippen LogP contribution in [-0.2, 0) is 30.0 Å². The first-order valence-corrected chi connectivity index (χ1v) is 24.2. The Bertz CT molecular complexity index is 1500. The van der Waals surface area contributed by atoms with Crippen molar-refractivity contribution >= 4 is 45.3 Å². The third-order valence-corrected chi connectivity index (χ3v) is 15.9. The Kier molecular flexibility index (Phi) is 13.6. The summed E-state index contributed by atoms with van der Waals surface area (Å²) in [6.45, 7) is 24.9. The number of hydrogen-bond acceptors (Lipinski definition) is 9. The number of aromatic nitrogens is 1. The molecule has 0 radical (unpaired) electrons. The van der Waals surface area contributed by atoms with Crippen LogP contribution in [0, 0.1) is 11.8 Å². The standard InChI is InChI=1S/C37H60N4O7Si2/c1-23(2)33-25(4)16-18-30(43)39-29(38)17-15-24(3)20-27(48-50(11,12)37(5,6)7)21-26(42)22-31-40-32(36(46-31)49(8,9)10)34(44)41-19-13-14-28(41)35(45)47-33/h15-18,20,23,25,27-29,33H,13-14,19,21-22,38H2,1-12H3,(H,39,43)/b17-15+,18-16+,24-20+/t25-,27?,28-,29+,33-/m1/s1. The average molecular weight is 729 g/mol. The van der Waals surface area contributed by atoms with Gasteiger partial charge in [0.05, 0.1) is 18.7 Å². The van der Waals surface area contributed by atoms with Crippen molar-refractivity contribution in [3.05, 3.63) is 47.5 Å². The number of carbonyl (C=O) groups is 4. The molecule has 3 N–H and O–H groups in total. The van der Waals surface area contributed by atoms with Gasteiger partial charge in [-0.1, -0.05) is 85.0 Å². The second kappa shape index (κ2) is 16.5. The Morgan fingerprint density at radius 1 is 1.06 bits per heavy atom. The summed E-state index contributed by atoms with van der Waals surface area (Å²) in [6.07, 6.45) is 7.74. The lowest BCUT2D eigenvalue weighted by atomic mass is 9.94. The van der Waals surface area contributed by atoms with Crippen LogP contribution >= 0.6 is 0 Å². The highest BCUT2D eigenvalue weighted by Gasteiger charge is 2.42. The number of carbonyl (C=O) groups excluding carboxylic acids is 4. The molecule has 50 heavy (non-hydrogen) atoms. The van der Waals surface area contributed by atoms with Gasteiger partial charge in [-0.3, -0.25) is 14.4 Å². The van der Waals surface area contributed by atoms with Gasteiger partial charge in [-0.15, -0.1) is 0 Å². The van der Waals surface area contributed by atoms with Gasteiger partial charge in [0, 0.05) is 18.9 Å². The summed E-state index contributed by atoms with van der Waals surface area (Å²) >= 11 is 0. The molecule has 2 aliphatic heterocycles. The van der Waals surface area contributed by atoms with E-state index in [-0.39, 0.29) is 53.0 Å². The molecular weight excluding hydrogens is 669 g/mol. The first kappa shape index (κ1) is 41.3. The molecular formula is C37H60N4O7Si2. The van der Waals surface area contributed by atoms with Crippen LogP contribution in [0.5, 0.6) is 0 Å². The number of oxazole rings is 1. The van der Waals surface area contributed by atoms with E-state index in [1.807, 2.05) is 33.8 Å². The monoisotopic (exact) mass is 728 g/mol. The fourth-order valence-electron chi connectivity index (χ4n) is 5.92. The summed E-state index contributed by atoms with van der Waals surface area (Å²) in [7, 11) is -4.55. The average Bonchev–Trinajstić information content (AvgIpc) is 3.64. The quantitative estimate of drug-likeness (QED) is 0.307. The van der Waals surface area contributed by atoms with Crippen molar-refractivity contribution in [2.75, 3.05) is 6.54 Å². The van der Waals surface area contributed by atoms with E-state index in [1.54, 1.807) is 18.2 Å². The predicted molar refractivity (Wildman–Crippen MR) is 201 cm³/mol. The molecule has 13 heteroatoms. The van der Waals surface area contributed by atoms with E-state index >= 15 is 0 Å². The first-order valence-electron chi connectivity index (χ1n) is 17.8. The highest BCUT2D eigenvalue weighted by molar-refractivity contribution is 6.88. The van der Waals surface area contributed by atoms with E-state index in [0.29, 0.717) is 24.8 Å². The van der Waals surface area contributed by atoms with Gasteiger partial charge in [0.1, 0.15) is 31.4 Å². The van der Waals surface area contributed by atoms with Crippen LogP contribution in [0.15, 0.2) is 40.4 Å². The molecule has 1 aromatic rings. The van der Waals surface area contributed by atoms with Crippen molar-refractivity contribution in [3.63, 3.8) is 0 Å². The number of cyclic esters (lactones) is 1. The summed E-state index contributed by atoms with van der Waals surface area (Å²) in [5.74, 6) is -1.58. The molecule has 278 valence electrons. The highest BCUT2D eigenvalue weighted by atomic mass is 28.4. The Hall–Kier alpha value is -3.14. The summed E-state index contributed by atoms with van der Waals surface area (Å²) in [5.41, 5.74) is 7.20. The smallest absolute Gasteiger partial charge is 0.329 e. The van der Waals surface area contributed by atoms with Crippen LogP contribution in [0.25, 0.3) is 0 Å². The third-order valence-electron chi connectivity index (χ3n) is 9.67. The molecule has 3 heterocycles. The van der Waals surface area contributed by atoms with E-state index in [1.165, 1.54) is 11.0 Å². The van der Waals surface area contributed by atoms with Crippen LogP contribution in [0.1, 0.15) is 84.1 Å². The number of nitrogens with two attached hydrogens (primary N) is 1. The van der Waals surface area contributed by atoms with E-state index in [4.69, 9.17) is 19.3 Å². The summed E-state index contributed by atoms with van der Waals surface area (Å²) in [5, 5.41) is 3.15. The zero-order chi connectivity index (χ0) is 37.8. The fraction of sp³-hybridized carbons (Fsp3) is 0.649. The largest absolute Gasteiger partial charge is 0.460 e. The van der Waals surface area contributed by atoms with Crippen molar-refractivity contribution in [2.24, 2.45) is 17.6 Å². The van der Waals surface area contributed by atoms with Crippen LogP contribution in [-0.4, -0.2) is 80.8 Å². The predicted octanol–water partition coefficient (Wildman–Crippen LogP) is 5.39. The lowest BCUT2D eigenvalue weighted by Gasteiger charge is -2.38. The Labute approximate surface area is 300 Å². The number of nitrogens with one attached hydrogen (secondary N) is 1. The number of esters is 1. The maximum Gasteiger partial charge on any atom is 0.329 e. The fourth-order valence-corrected chi connectivity index (χ4v) is 8.47. The van der Waals surface area contributed by atoms with E-state index < -0.39 is 52.7 Å². The molecule has 3 rings (SSSR count). The van der Waals surface area contributed by atoms with Gasteiger partial charge in [-0.05, 0) is 56.0 Å². The van der Waals surface area contributed by atoms with E-state index in [2.05, 4.69) is 63.8 Å². The molecule has 5 atom stereocenters. The molecule has 2 aliphatic rings. The first-order chi connectivity index (χ1) is 23.0. The Morgan fingerprint density at radius 2 is 1.72 bits per heavy atom. The number of fused-ring (bicyclic) bond motifs is 3. The second-order valence-electron chi connectivity index (χ2n) is 16.7. The lowest BCUT2D eigenvalue weighted by Crippen LogP contribution is -2.47. The molecule has 0 aromatic carbocycles. The number of amides is 2. The zero-order valence-electron chi connectivity index (χ0n) is 32.2. The SMILES string of the molecule is CC1=C\C(O[Si](C)(C)C(C)(C)C)CC(=O)Cc2nc(c([Si](C)(C)C)o2)C(=O)N2CCC[C@@H]2C(=O)O[C@H](C(C)C)[C@H](C)/C=C/C(=O)N[C@H](N)\C=C\1. The molecule has 1 aromatic heterocycles. The molecule has 11 nitrogen and oxygen atoms in total. The van der Waals surface area contributed by atoms with Gasteiger partial charge in [-0.2, -0.15) is 0 Å². The van der Waals surface area contributed by atoms with E-state index in [0.717, 1.165) is 5.57 Å². The molecule has 1 unspecified atom stereocenters. The Morgan fingerprint density at radius 3 is 2.32 bits per heavy atom. The maximum absolute atomic E-state index is 14.1. The van der Waals surface area contributed by atoms with Crippen LogP contribution in [0.2, 0.25) is 37.8 Å². The van der Waals surface area contributed by atoms with Crippen molar-refractivity contribution in [3.8, 4) is 0 Å². The van der Waals surface area contributed by atoms with Gasteiger partial charge in [-0.25, -0.2) is 9.78 Å². The lowest BCUT2D eigenvalue weighted by molar-refractivity contribution is -0.158. The molecule has 0 aliphatic carbocycles. The summed E-state index contributed by atoms with van der Waals surface area (Å²) < 4.78 is 19.0. The minimum atomic E-state index is -2.29. The minimum Gasteiger partial charge on any atom is -0.460 e.